The molecule has 0 aliphatic carbocycles. The second-order valence-corrected chi connectivity index (χ2v) is 6.00. The highest BCUT2D eigenvalue weighted by Gasteiger charge is 2.15. The topological polar surface area (TPSA) is 46.2 Å². The van der Waals surface area contributed by atoms with E-state index in [0.717, 1.165) is 6.54 Å². The minimum Gasteiger partial charge on any atom is -0.388 e. The van der Waals surface area contributed by atoms with Gasteiger partial charge in [0.05, 0.1) is 6.67 Å². The lowest BCUT2D eigenvalue weighted by Crippen LogP contribution is -2.31. The fourth-order valence-corrected chi connectivity index (χ4v) is 2.05. The fraction of sp³-hybridized carbons (Fsp3) is 0.818. The van der Waals surface area contributed by atoms with Crippen LogP contribution in [0.2, 0.25) is 0 Å². The third-order valence-electron chi connectivity index (χ3n) is 2.39. The van der Waals surface area contributed by atoms with Gasteiger partial charge >= 0.3 is 0 Å². The van der Waals surface area contributed by atoms with Gasteiger partial charge in [0.25, 0.3) is 0 Å². The number of aliphatic hydroxyl groups is 1. The van der Waals surface area contributed by atoms with Crippen molar-refractivity contribution in [2.45, 2.75) is 34.0 Å². The number of nitrogens with zero attached hydrogens (tertiary/aromatic N) is 4. The lowest BCUT2D eigenvalue weighted by molar-refractivity contribution is 0.178. The Labute approximate surface area is 108 Å². The summed E-state index contributed by atoms with van der Waals surface area (Å²) >= 11 is 5.27. The fourth-order valence-electron chi connectivity index (χ4n) is 1.85. The Kier molecular flexibility index (Phi) is 4.46. The molecule has 0 atom stereocenters. The first-order valence-electron chi connectivity index (χ1n) is 5.66. The molecule has 17 heavy (non-hydrogen) atoms. The summed E-state index contributed by atoms with van der Waals surface area (Å²) < 4.78 is 4.11. The second-order valence-electron chi connectivity index (χ2n) is 5.63. The summed E-state index contributed by atoms with van der Waals surface area (Å²) in [6, 6.07) is 0. The van der Waals surface area contributed by atoms with Gasteiger partial charge in [-0.05, 0) is 24.7 Å². The van der Waals surface area contributed by atoms with Crippen LogP contribution in [0.5, 0.6) is 0 Å². The zero-order valence-electron chi connectivity index (χ0n) is 11.3. The van der Waals surface area contributed by atoms with E-state index in [2.05, 4.69) is 30.8 Å². The van der Waals surface area contributed by atoms with E-state index in [1.54, 1.807) is 9.25 Å². The molecule has 5 nitrogen and oxygen atoms in total. The Morgan fingerprint density at radius 3 is 2.41 bits per heavy atom. The van der Waals surface area contributed by atoms with Crippen molar-refractivity contribution in [2.75, 3.05) is 13.6 Å². The molecule has 0 amide bonds. The van der Waals surface area contributed by atoms with Crippen LogP contribution in [-0.2, 0) is 20.3 Å². The summed E-state index contributed by atoms with van der Waals surface area (Å²) in [5.41, 5.74) is 0.242. The Morgan fingerprint density at radius 1 is 1.41 bits per heavy atom. The van der Waals surface area contributed by atoms with Gasteiger partial charge < -0.3 is 9.67 Å². The number of hydrogen-bond donors (Lipinski definition) is 1. The molecule has 0 bridgehead atoms. The van der Waals surface area contributed by atoms with Crippen molar-refractivity contribution in [3.8, 4) is 0 Å². The zero-order chi connectivity index (χ0) is 13.2. The normalized spacial score (nSPS) is 12.4. The van der Waals surface area contributed by atoms with Gasteiger partial charge in [-0.2, -0.15) is 5.10 Å². The molecule has 1 rings (SSSR count). The average molecular weight is 258 g/mol. The van der Waals surface area contributed by atoms with Crippen LogP contribution in [0.3, 0.4) is 0 Å². The number of aliphatic hydroxyl groups excluding tert-OH is 1. The van der Waals surface area contributed by atoms with E-state index in [4.69, 9.17) is 17.3 Å². The average Bonchev–Trinajstić information content (AvgIpc) is 2.43. The third-order valence-corrected chi connectivity index (χ3v) is 2.88. The molecular formula is C11H22N4OS. The predicted octanol–water partition coefficient (Wildman–Crippen LogP) is 1.38. The molecule has 0 saturated carbocycles. The Balaban J connectivity index is 2.79. The molecule has 6 heteroatoms. The molecule has 0 aromatic carbocycles. The van der Waals surface area contributed by atoms with E-state index in [0.29, 0.717) is 17.3 Å². The number of hydrogen-bond acceptors (Lipinski definition) is 4. The third kappa shape index (κ3) is 3.90. The maximum atomic E-state index is 9.12. The highest BCUT2D eigenvalue weighted by Crippen LogP contribution is 2.14. The summed E-state index contributed by atoms with van der Waals surface area (Å²) in [5, 5.41) is 13.4. The molecule has 0 radical (unpaired) electrons. The molecule has 1 aromatic rings. The number of aromatic nitrogens is 3. The summed E-state index contributed by atoms with van der Waals surface area (Å²) in [4.78, 5) is 2.17. The van der Waals surface area contributed by atoms with Crippen molar-refractivity contribution in [3.05, 3.63) is 10.6 Å². The Hall–Kier alpha value is -0.720. The highest BCUT2D eigenvalue weighted by molar-refractivity contribution is 7.71. The molecule has 0 saturated heterocycles. The molecule has 0 fully saturated rings. The van der Waals surface area contributed by atoms with Gasteiger partial charge in [0.1, 0.15) is 6.61 Å². The van der Waals surface area contributed by atoms with Crippen LogP contribution < -0.4 is 0 Å². The predicted molar refractivity (Wildman–Crippen MR) is 70.0 cm³/mol. The first-order valence-corrected chi connectivity index (χ1v) is 6.07. The first kappa shape index (κ1) is 14.3. The second kappa shape index (κ2) is 5.29. The maximum Gasteiger partial charge on any atom is 0.198 e. The lowest BCUT2D eigenvalue weighted by Gasteiger charge is -2.26. The van der Waals surface area contributed by atoms with Crippen molar-refractivity contribution >= 4 is 12.2 Å². The molecule has 1 N–H and O–H groups in total. The molecule has 0 unspecified atom stereocenters. The number of rotatable bonds is 4. The monoisotopic (exact) mass is 258 g/mol. The largest absolute Gasteiger partial charge is 0.388 e. The first-order chi connectivity index (χ1) is 7.74. The van der Waals surface area contributed by atoms with Crippen LogP contribution in [0.25, 0.3) is 0 Å². The molecule has 1 heterocycles. The van der Waals surface area contributed by atoms with Crippen molar-refractivity contribution < 1.29 is 5.11 Å². The minimum atomic E-state index is -0.0872. The van der Waals surface area contributed by atoms with E-state index in [1.165, 1.54) is 0 Å². The summed E-state index contributed by atoms with van der Waals surface area (Å²) in [5.74, 6) is 0.596. The van der Waals surface area contributed by atoms with Crippen LogP contribution in [0.4, 0.5) is 0 Å². The smallest absolute Gasteiger partial charge is 0.198 e. The van der Waals surface area contributed by atoms with E-state index < -0.39 is 0 Å². The van der Waals surface area contributed by atoms with Crippen LogP contribution in [-0.4, -0.2) is 37.9 Å². The van der Waals surface area contributed by atoms with Crippen LogP contribution in [0.1, 0.15) is 26.6 Å². The maximum absolute atomic E-state index is 9.12. The van der Waals surface area contributed by atoms with Gasteiger partial charge in [0.2, 0.25) is 0 Å². The van der Waals surface area contributed by atoms with Gasteiger partial charge in [0.15, 0.2) is 10.6 Å². The van der Waals surface area contributed by atoms with Gasteiger partial charge in [-0.1, -0.05) is 20.8 Å². The van der Waals surface area contributed by atoms with E-state index in [9.17, 15) is 0 Å². The van der Waals surface area contributed by atoms with Crippen LogP contribution in [0, 0.1) is 10.2 Å². The Morgan fingerprint density at radius 2 is 2.00 bits per heavy atom. The quantitative estimate of drug-likeness (QED) is 0.829. The minimum absolute atomic E-state index is 0.0872. The summed E-state index contributed by atoms with van der Waals surface area (Å²) in [6.07, 6.45) is 0. The highest BCUT2D eigenvalue weighted by atomic mass is 32.1. The van der Waals surface area contributed by atoms with Crippen LogP contribution >= 0.6 is 12.2 Å². The van der Waals surface area contributed by atoms with Crippen molar-refractivity contribution in [2.24, 2.45) is 12.5 Å². The molecule has 0 aliphatic heterocycles. The van der Waals surface area contributed by atoms with Gasteiger partial charge in [0, 0.05) is 13.6 Å². The summed E-state index contributed by atoms with van der Waals surface area (Å²) in [7, 11) is 3.86. The van der Waals surface area contributed by atoms with Crippen molar-refractivity contribution in [1.29, 1.82) is 0 Å². The standard InChI is InChI=1S/C11H22N4OS/c1-11(2,3)7-13(4)8-15-10(17)14(5)9(6-16)12-15/h16H,6-8H2,1-5H3. The molecule has 1 aromatic heterocycles. The van der Waals surface area contributed by atoms with Gasteiger partial charge in [-0.25, -0.2) is 4.68 Å². The molecular weight excluding hydrogens is 236 g/mol. The van der Waals surface area contributed by atoms with Crippen LogP contribution in [0.15, 0.2) is 0 Å². The van der Waals surface area contributed by atoms with Gasteiger partial charge in [-0.3, -0.25) is 4.90 Å². The Bertz CT molecular complexity index is 430. The zero-order valence-corrected chi connectivity index (χ0v) is 12.1. The van der Waals surface area contributed by atoms with Crippen molar-refractivity contribution in [3.63, 3.8) is 0 Å². The molecule has 0 aliphatic rings. The van der Waals surface area contributed by atoms with Crippen molar-refractivity contribution in [1.82, 2.24) is 19.2 Å². The lowest BCUT2D eigenvalue weighted by atomic mass is 9.96. The summed E-state index contributed by atoms with van der Waals surface area (Å²) in [6.45, 7) is 8.10. The SMILES string of the molecule is CN(Cn1nc(CO)n(C)c1=S)CC(C)(C)C. The van der Waals surface area contributed by atoms with E-state index in [-0.39, 0.29) is 12.0 Å². The van der Waals surface area contributed by atoms with E-state index in [1.807, 2.05) is 14.1 Å². The van der Waals surface area contributed by atoms with E-state index >= 15 is 0 Å². The molecule has 98 valence electrons. The molecule has 0 spiro atoms. The van der Waals surface area contributed by atoms with Gasteiger partial charge in [-0.15, -0.1) is 0 Å².